The Morgan fingerprint density at radius 3 is 2.62 bits per heavy atom. The van der Waals surface area contributed by atoms with Gasteiger partial charge in [-0.05, 0) is 46.1 Å². The average Bonchev–Trinajstić information content (AvgIpc) is 3.20. The van der Waals surface area contributed by atoms with Crippen LogP contribution in [0, 0.1) is 6.92 Å². The summed E-state index contributed by atoms with van der Waals surface area (Å²) in [6.45, 7) is 7.81. The number of ether oxygens (including phenoxy) is 3. The first kappa shape index (κ1) is 26.0. The summed E-state index contributed by atoms with van der Waals surface area (Å²) in [5, 5.41) is 0. The largest absolute Gasteiger partial charge is 0.469 e. The highest BCUT2D eigenvalue weighted by Gasteiger charge is 2.39. The monoisotopic (exact) mass is 446 g/mol. The van der Waals surface area contributed by atoms with Gasteiger partial charge in [0.15, 0.2) is 11.6 Å². The van der Waals surface area contributed by atoms with E-state index < -0.39 is 5.79 Å². The lowest BCUT2D eigenvalue weighted by molar-refractivity contribution is -0.142. The van der Waals surface area contributed by atoms with Crippen LogP contribution in [0.15, 0.2) is 18.2 Å². The lowest BCUT2D eigenvalue weighted by atomic mass is 10.1. The van der Waals surface area contributed by atoms with Gasteiger partial charge in [0.05, 0.1) is 18.9 Å². The Bertz CT molecular complexity index is 838. The minimum atomic E-state index is -0.696. The van der Waals surface area contributed by atoms with Crippen molar-refractivity contribution in [2.75, 3.05) is 7.11 Å². The third-order valence-corrected chi connectivity index (χ3v) is 5.56. The highest BCUT2D eigenvalue weighted by Crippen LogP contribution is 2.31. The standard InChI is InChI=1S/C25H38N2O5/c1-7-8-10-13-20(28)24-19(26-18(2)27(24)5)16-17-22-21(31-25(3,4)32-22)14-11-9-12-15-23(29)30-6/h9,11,16-17,21-22H,7-8,10,12-15H2,1-6H3/b11-9-,17-16+/t21-,22+/m0/s1. The number of ketones is 1. The molecule has 178 valence electrons. The molecule has 2 rings (SSSR count). The second-order valence-corrected chi connectivity index (χ2v) is 8.65. The summed E-state index contributed by atoms with van der Waals surface area (Å²) < 4.78 is 18.7. The Morgan fingerprint density at radius 1 is 1.19 bits per heavy atom. The Balaban J connectivity index is 2.09. The predicted molar refractivity (Wildman–Crippen MR) is 124 cm³/mol. The summed E-state index contributed by atoms with van der Waals surface area (Å²) >= 11 is 0. The van der Waals surface area contributed by atoms with Gasteiger partial charge in [0.25, 0.3) is 0 Å². The van der Waals surface area contributed by atoms with Crippen molar-refractivity contribution >= 4 is 17.8 Å². The fraction of sp³-hybridized carbons (Fsp3) is 0.640. The van der Waals surface area contributed by atoms with Gasteiger partial charge in [0, 0.05) is 19.9 Å². The molecule has 1 aliphatic rings. The number of Topliss-reactive ketones (excluding diaryl/α,β-unsaturated/α-hetero) is 1. The number of rotatable bonds is 12. The van der Waals surface area contributed by atoms with E-state index in [1.807, 2.05) is 56.7 Å². The second-order valence-electron chi connectivity index (χ2n) is 8.65. The Hall–Kier alpha value is -2.25. The second kappa shape index (κ2) is 12.1. The molecule has 32 heavy (non-hydrogen) atoms. The average molecular weight is 447 g/mol. The molecule has 0 bridgehead atoms. The minimum absolute atomic E-state index is 0.121. The van der Waals surface area contributed by atoms with Gasteiger partial charge in [-0.3, -0.25) is 9.59 Å². The first-order valence-corrected chi connectivity index (χ1v) is 11.5. The van der Waals surface area contributed by atoms with Crippen LogP contribution in [0.4, 0.5) is 0 Å². The number of carbonyl (C=O) groups excluding carboxylic acids is 2. The van der Waals surface area contributed by atoms with Gasteiger partial charge in [0.2, 0.25) is 0 Å². The van der Waals surface area contributed by atoms with Crippen LogP contribution >= 0.6 is 0 Å². The van der Waals surface area contributed by atoms with Gasteiger partial charge in [-0.2, -0.15) is 0 Å². The van der Waals surface area contributed by atoms with E-state index in [0.717, 1.165) is 25.1 Å². The van der Waals surface area contributed by atoms with E-state index in [-0.39, 0.29) is 24.0 Å². The number of nitrogens with zero attached hydrogens (tertiary/aromatic N) is 2. The smallest absolute Gasteiger partial charge is 0.305 e. The highest BCUT2D eigenvalue weighted by molar-refractivity contribution is 5.97. The lowest BCUT2D eigenvalue weighted by Gasteiger charge is -2.16. The SMILES string of the molecule is CCCCCC(=O)c1c(/C=C/[C@H]2OC(C)(C)O[C@H]2C/C=C\CCC(=O)OC)nc(C)n1C. The molecule has 0 radical (unpaired) electrons. The van der Waals surface area contributed by atoms with Gasteiger partial charge in [0.1, 0.15) is 17.6 Å². The minimum Gasteiger partial charge on any atom is -0.469 e. The van der Waals surface area contributed by atoms with Crippen LogP contribution in [-0.2, 0) is 26.1 Å². The van der Waals surface area contributed by atoms with Crippen molar-refractivity contribution in [2.24, 2.45) is 7.05 Å². The van der Waals surface area contributed by atoms with Crippen LogP contribution in [0.25, 0.3) is 6.08 Å². The summed E-state index contributed by atoms with van der Waals surface area (Å²) in [6, 6.07) is 0. The maximum atomic E-state index is 12.8. The number of aryl methyl sites for hydroxylation is 1. The molecule has 1 fully saturated rings. The fourth-order valence-electron chi connectivity index (χ4n) is 3.78. The zero-order valence-corrected chi connectivity index (χ0v) is 20.3. The van der Waals surface area contributed by atoms with E-state index in [9.17, 15) is 9.59 Å². The molecular weight excluding hydrogens is 408 g/mol. The molecule has 1 aromatic rings. The van der Waals surface area contributed by atoms with Crippen molar-refractivity contribution in [2.45, 2.75) is 90.6 Å². The van der Waals surface area contributed by atoms with Crippen molar-refractivity contribution in [3.8, 4) is 0 Å². The molecule has 0 amide bonds. The Kier molecular flexibility index (Phi) is 9.84. The Morgan fingerprint density at radius 2 is 1.94 bits per heavy atom. The van der Waals surface area contributed by atoms with Gasteiger partial charge in [-0.15, -0.1) is 0 Å². The van der Waals surface area contributed by atoms with Crippen LogP contribution in [0.5, 0.6) is 0 Å². The third-order valence-electron chi connectivity index (χ3n) is 5.56. The number of allylic oxidation sites excluding steroid dienone is 1. The quantitative estimate of drug-likeness (QED) is 0.196. The van der Waals surface area contributed by atoms with Crippen LogP contribution in [0.3, 0.4) is 0 Å². The number of hydrogen-bond acceptors (Lipinski definition) is 6. The summed E-state index contributed by atoms with van der Waals surface area (Å²) in [5.41, 5.74) is 1.32. The predicted octanol–water partition coefficient (Wildman–Crippen LogP) is 4.92. The first-order chi connectivity index (χ1) is 15.2. The van der Waals surface area contributed by atoms with Gasteiger partial charge in [-0.1, -0.05) is 38.0 Å². The lowest BCUT2D eigenvalue weighted by Crippen LogP contribution is -2.21. The number of imidazole rings is 1. The van der Waals surface area contributed by atoms with Crippen molar-refractivity contribution in [3.05, 3.63) is 35.4 Å². The molecule has 7 heteroatoms. The van der Waals surface area contributed by atoms with Gasteiger partial charge >= 0.3 is 5.97 Å². The summed E-state index contributed by atoms with van der Waals surface area (Å²) in [5.74, 6) is 0.00806. The molecule has 2 atom stereocenters. The summed E-state index contributed by atoms with van der Waals surface area (Å²) in [6.07, 6.45) is 12.5. The number of unbranched alkanes of at least 4 members (excludes halogenated alkanes) is 2. The molecular formula is C25H38N2O5. The van der Waals surface area contributed by atoms with Crippen LogP contribution in [0.2, 0.25) is 0 Å². The summed E-state index contributed by atoms with van der Waals surface area (Å²) in [4.78, 5) is 28.6. The maximum absolute atomic E-state index is 12.8. The molecule has 1 aromatic heterocycles. The van der Waals surface area contributed by atoms with Crippen LogP contribution in [-0.4, -0.2) is 46.4 Å². The normalized spacial score (nSPS) is 20.4. The molecule has 0 spiro atoms. The molecule has 0 aliphatic carbocycles. The van der Waals surface area contributed by atoms with Crippen LogP contribution < -0.4 is 0 Å². The number of carbonyl (C=O) groups is 2. The summed E-state index contributed by atoms with van der Waals surface area (Å²) in [7, 11) is 3.27. The maximum Gasteiger partial charge on any atom is 0.305 e. The molecule has 1 saturated heterocycles. The Labute approximate surface area is 191 Å². The van der Waals surface area contributed by atoms with E-state index in [2.05, 4.69) is 16.6 Å². The van der Waals surface area contributed by atoms with E-state index in [1.165, 1.54) is 7.11 Å². The van der Waals surface area contributed by atoms with Crippen LogP contribution in [0.1, 0.15) is 87.7 Å². The van der Waals surface area contributed by atoms with Crippen molar-refractivity contribution < 1.29 is 23.8 Å². The molecule has 0 saturated carbocycles. The molecule has 0 aromatic carbocycles. The van der Waals surface area contributed by atoms with E-state index in [4.69, 9.17) is 9.47 Å². The molecule has 2 heterocycles. The number of aromatic nitrogens is 2. The first-order valence-electron chi connectivity index (χ1n) is 11.5. The number of methoxy groups -OCH3 is 1. The van der Waals surface area contributed by atoms with E-state index >= 15 is 0 Å². The van der Waals surface area contributed by atoms with E-state index in [1.54, 1.807) is 0 Å². The van der Waals surface area contributed by atoms with Gasteiger partial charge in [-0.25, -0.2) is 4.98 Å². The zero-order chi connectivity index (χ0) is 23.7. The van der Waals surface area contributed by atoms with Gasteiger partial charge < -0.3 is 18.8 Å². The molecule has 0 N–H and O–H groups in total. The molecule has 7 nitrogen and oxygen atoms in total. The molecule has 0 unspecified atom stereocenters. The van der Waals surface area contributed by atoms with E-state index in [0.29, 0.717) is 37.1 Å². The fourth-order valence-corrected chi connectivity index (χ4v) is 3.78. The number of hydrogen-bond donors (Lipinski definition) is 0. The van der Waals surface area contributed by atoms with Crippen molar-refractivity contribution in [1.29, 1.82) is 0 Å². The number of esters is 1. The topological polar surface area (TPSA) is 79.7 Å². The third kappa shape index (κ3) is 7.41. The van der Waals surface area contributed by atoms with Crippen molar-refractivity contribution in [1.82, 2.24) is 9.55 Å². The van der Waals surface area contributed by atoms with Crippen molar-refractivity contribution in [3.63, 3.8) is 0 Å². The molecule has 1 aliphatic heterocycles. The zero-order valence-electron chi connectivity index (χ0n) is 20.3. The highest BCUT2D eigenvalue weighted by atomic mass is 16.7.